The molecule has 8 heteroatoms. The summed E-state index contributed by atoms with van der Waals surface area (Å²) >= 11 is 0. The average Bonchev–Trinajstić information content (AvgIpc) is 3.19. The molecule has 168 valence electrons. The fourth-order valence-corrected chi connectivity index (χ4v) is 5.60. The Balaban J connectivity index is 0.00000320. The predicted octanol–water partition coefficient (Wildman–Crippen LogP) is 3.17. The molecule has 1 fully saturated rings. The molecule has 1 saturated carbocycles. The van der Waals surface area contributed by atoms with Crippen molar-refractivity contribution in [2.24, 2.45) is 4.99 Å². The summed E-state index contributed by atoms with van der Waals surface area (Å²) < 4.78 is 12.1. The topological polar surface area (TPSA) is 73.8 Å². The predicted molar refractivity (Wildman–Crippen MR) is 135 cm³/mol. The highest BCUT2D eigenvalue weighted by Gasteiger charge is 2.26. The van der Waals surface area contributed by atoms with E-state index in [4.69, 9.17) is 0 Å². The van der Waals surface area contributed by atoms with Gasteiger partial charge < -0.3 is 15.5 Å². The van der Waals surface area contributed by atoms with Gasteiger partial charge in [-0.15, -0.1) is 24.0 Å². The number of aliphatic imine (C=N–C) groups is 1. The van der Waals surface area contributed by atoms with Crippen molar-refractivity contribution in [1.29, 1.82) is 0 Å². The number of nitrogens with one attached hydrogen (secondary N) is 2. The van der Waals surface area contributed by atoms with E-state index in [1.165, 1.54) is 11.1 Å². The number of rotatable bonds is 7. The molecule has 1 heterocycles. The molecule has 1 amide bonds. The van der Waals surface area contributed by atoms with E-state index in [2.05, 4.69) is 27.8 Å². The van der Waals surface area contributed by atoms with Gasteiger partial charge in [-0.25, -0.2) is 0 Å². The summed E-state index contributed by atoms with van der Waals surface area (Å²) in [4.78, 5) is 18.8. The number of halogens is 1. The van der Waals surface area contributed by atoms with E-state index in [0.717, 1.165) is 56.9 Å². The number of benzene rings is 1. The minimum atomic E-state index is -0.722. The van der Waals surface area contributed by atoms with Crippen LogP contribution in [0.5, 0.6) is 0 Å². The van der Waals surface area contributed by atoms with Crippen LogP contribution in [0.1, 0.15) is 56.6 Å². The van der Waals surface area contributed by atoms with Gasteiger partial charge in [0.2, 0.25) is 5.91 Å². The summed E-state index contributed by atoms with van der Waals surface area (Å²) in [7, 11) is 1.05. The lowest BCUT2D eigenvalue weighted by Crippen LogP contribution is -2.46. The Morgan fingerprint density at radius 2 is 1.93 bits per heavy atom. The van der Waals surface area contributed by atoms with Crippen LogP contribution in [0, 0.1) is 0 Å². The minimum Gasteiger partial charge on any atom is -0.356 e. The number of carbonyl (C=O) groups is 1. The molecule has 0 spiro atoms. The number of nitrogens with zero attached hydrogens (tertiary/aromatic N) is 2. The molecule has 1 aliphatic carbocycles. The second kappa shape index (κ2) is 12.6. The van der Waals surface area contributed by atoms with Crippen LogP contribution in [0.3, 0.4) is 0 Å². The summed E-state index contributed by atoms with van der Waals surface area (Å²) in [6, 6.07) is 8.59. The zero-order valence-corrected chi connectivity index (χ0v) is 21.2. The summed E-state index contributed by atoms with van der Waals surface area (Å²) in [5.41, 5.74) is 2.52. The van der Waals surface area contributed by atoms with Gasteiger partial charge in [0.25, 0.3) is 0 Å². The Hall–Kier alpha value is -1.16. The van der Waals surface area contributed by atoms with Gasteiger partial charge in [0.15, 0.2) is 5.96 Å². The van der Waals surface area contributed by atoms with Gasteiger partial charge in [0, 0.05) is 60.9 Å². The fraction of sp³-hybridized carbons (Fsp3) is 0.636. The third-order valence-corrected chi connectivity index (χ3v) is 7.64. The highest BCUT2D eigenvalue weighted by Crippen LogP contribution is 2.24. The minimum absolute atomic E-state index is 0. The van der Waals surface area contributed by atoms with Crippen LogP contribution in [0.25, 0.3) is 0 Å². The second-order valence-corrected chi connectivity index (χ2v) is 9.93. The highest BCUT2D eigenvalue weighted by molar-refractivity contribution is 14.0. The maximum absolute atomic E-state index is 12.5. The van der Waals surface area contributed by atoms with Gasteiger partial charge in [0.05, 0.1) is 0 Å². The van der Waals surface area contributed by atoms with Gasteiger partial charge >= 0.3 is 0 Å². The quantitative estimate of drug-likeness (QED) is 0.239. The van der Waals surface area contributed by atoms with E-state index < -0.39 is 10.8 Å². The van der Waals surface area contributed by atoms with Crippen molar-refractivity contribution in [2.45, 2.75) is 69.8 Å². The first-order valence-corrected chi connectivity index (χ1v) is 12.2. The largest absolute Gasteiger partial charge is 0.356 e. The summed E-state index contributed by atoms with van der Waals surface area (Å²) in [5, 5.41) is 7.11. The molecule has 0 aromatic heterocycles. The van der Waals surface area contributed by atoms with Gasteiger partial charge in [-0.1, -0.05) is 37.6 Å². The monoisotopic (exact) mass is 546 g/mol. The van der Waals surface area contributed by atoms with Crippen LogP contribution in [0.2, 0.25) is 0 Å². The summed E-state index contributed by atoms with van der Waals surface area (Å²) in [5.74, 6) is 1.72. The Kier molecular flexibility index (Phi) is 10.6. The smallest absolute Gasteiger partial charge is 0.223 e. The SMILES string of the molecule is CCS(=O)C1CCCC(NC(=NC)NCCCC(=O)N2Cc3ccccc3C2)C1.I. The van der Waals surface area contributed by atoms with Crippen molar-refractivity contribution in [1.82, 2.24) is 15.5 Å². The van der Waals surface area contributed by atoms with Crippen LogP contribution in [-0.2, 0) is 28.7 Å². The Bertz CT molecular complexity index is 733. The zero-order chi connectivity index (χ0) is 20.6. The highest BCUT2D eigenvalue weighted by atomic mass is 127. The Morgan fingerprint density at radius 1 is 1.23 bits per heavy atom. The molecule has 3 atom stereocenters. The van der Waals surface area contributed by atoms with Crippen LogP contribution >= 0.6 is 24.0 Å². The first-order valence-electron chi connectivity index (χ1n) is 10.8. The molecule has 0 radical (unpaired) electrons. The molecular weight excluding hydrogens is 511 g/mol. The maximum Gasteiger partial charge on any atom is 0.223 e. The van der Waals surface area contributed by atoms with Crippen LogP contribution in [0.4, 0.5) is 0 Å². The molecule has 6 nitrogen and oxygen atoms in total. The van der Waals surface area contributed by atoms with Crippen molar-refractivity contribution < 1.29 is 9.00 Å². The normalized spacial score (nSPS) is 22.1. The molecule has 1 aliphatic heterocycles. The maximum atomic E-state index is 12.5. The van der Waals surface area contributed by atoms with Crippen molar-refractivity contribution in [2.75, 3.05) is 19.3 Å². The van der Waals surface area contributed by atoms with E-state index in [-0.39, 0.29) is 29.9 Å². The van der Waals surface area contributed by atoms with Gasteiger partial charge in [0.1, 0.15) is 0 Å². The average molecular weight is 547 g/mol. The van der Waals surface area contributed by atoms with Crippen molar-refractivity contribution in [3.63, 3.8) is 0 Å². The molecular formula is C22H35IN4O2S. The molecule has 3 rings (SSSR count). The van der Waals surface area contributed by atoms with E-state index in [0.29, 0.717) is 24.3 Å². The number of guanidine groups is 1. The van der Waals surface area contributed by atoms with Crippen LogP contribution in [0.15, 0.2) is 29.3 Å². The molecule has 0 saturated heterocycles. The van der Waals surface area contributed by atoms with E-state index in [1.807, 2.05) is 24.0 Å². The Labute approximate surface area is 200 Å². The molecule has 3 unspecified atom stereocenters. The third kappa shape index (κ3) is 6.93. The number of hydrogen-bond donors (Lipinski definition) is 2. The summed E-state index contributed by atoms with van der Waals surface area (Å²) in [6.07, 6.45) is 5.52. The zero-order valence-electron chi connectivity index (χ0n) is 18.1. The van der Waals surface area contributed by atoms with Gasteiger partial charge in [-0.2, -0.15) is 0 Å². The standard InChI is InChI=1S/C22H34N4O2S.HI/c1-3-29(28)20-11-6-10-19(14-20)25-22(23-2)24-13-7-12-21(27)26-15-17-8-4-5-9-18(17)16-26;/h4-5,8-9,19-20H,3,6-7,10-16H2,1-2H3,(H2,23,24,25);1H. The molecule has 30 heavy (non-hydrogen) atoms. The second-order valence-electron chi connectivity index (χ2n) is 7.92. The lowest BCUT2D eigenvalue weighted by Gasteiger charge is -2.30. The van der Waals surface area contributed by atoms with Gasteiger partial charge in [-0.05, 0) is 36.8 Å². The Morgan fingerprint density at radius 3 is 2.57 bits per heavy atom. The first kappa shape index (κ1) is 25.1. The number of carbonyl (C=O) groups excluding carboxylic acids is 1. The van der Waals surface area contributed by atoms with Crippen molar-refractivity contribution in [3.8, 4) is 0 Å². The molecule has 1 aromatic carbocycles. The van der Waals surface area contributed by atoms with E-state index >= 15 is 0 Å². The lowest BCUT2D eigenvalue weighted by atomic mass is 9.95. The number of fused-ring (bicyclic) bond motifs is 1. The summed E-state index contributed by atoms with van der Waals surface area (Å²) in [6.45, 7) is 4.17. The van der Waals surface area contributed by atoms with Crippen molar-refractivity contribution in [3.05, 3.63) is 35.4 Å². The first-order chi connectivity index (χ1) is 14.1. The van der Waals surface area contributed by atoms with Gasteiger partial charge in [-0.3, -0.25) is 14.0 Å². The van der Waals surface area contributed by atoms with E-state index in [1.54, 1.807) is 7.05 Å². The molecule has 1 aromatic rings. The molecule has 2 N–H and O–H groups in total. The number of hydrogen-bond acceptors (Lipinski definition) is 3. The van der Waals surface area contributed by atoms with Crippen molar-refractivity contribution >= 4 is 46.6 Å². The van der Waals surface area contributed by atoms with Crippen LogP contribution < -0.4 is 10.6 Å². The van der Waals surface area contributed by atoms with E-state index in [9.17, 15) is 9.00 Å². The lowest BCUT2D eigenvalue weighted by molar-refractivity contribution is -0.131. The fourth-order valence-electron chi connectivity index (χ4n) is 4.25. The molecule has 2 aliphatic rings. The third-order valence-electron chi connectivity index (χ3n) is 5.90. The molecule has 0 bridgehead atoms. The number of amides is 1. The van der Waals surface area contributed by atoms with Crippen LogP contribution in [-0.4, -0.2) is 51.6 Å².